The van der Waals surface area contributed by atoms with Gasteiger partial charge >= 0.3 is 0 Å². The number of aryl methyl sites for hydroxylation is 1. The predicted octanol–water partition coefficient (Wildman–Crippen LogP) is 2.34. The summed E-state index contributed by atoms with van der Waals surface area (Å²) in [5.41, 5.74) is 2.18. The lowest BCUT2D eigenvalue weighted by Gasteiger charge is -2.10. The van der Waals surface area contributed by atoms with E-state index in [-0.39, 0.29) is 0 Å². The van der Waals surface area contributed by atoms with Crippen molar-refractivity contribution in [2.24, 2.45) is 0 Å². The van der Waals surface area contributed by atoms with E-state index in [0.717, 1.165) is 17.3 Å². The largest absolute Gasteiger partial charge is 0.495 e. The van der Waals surface area contributed by atoms with Crippen molar-refractivity contribution in [1.29, 1.82) is 0 Å². The van der Waals surface area contributed by atoms with E-state index < -0.39 is 0 Å². The molecule has 16 heavy (non-hydrogen) atoms. The lowest BCUT2D eigenvalue weighted by molar-refractivity contribution is 0.416. The van der Waals surface area contributed by atoms with Gasteiger partial charge in [-0.25, -0.2) is 4.98 Å². The molecule has 1 aromatic heterocycles. The minimum Gasteiger partial charge on any atom is -0.495 e. The molecule has 2 aromatic rings. The van der Waals surface area contributed by atoms with E-state index in [1.807, 2.05) is 18.3 Å². The highest BCUT2D eigenvalue weighted by molar-refractivity contribution is 5.57. The first-order valence-electron chi connectivity index (χ1n) is 5.16. The minimum absolute atomic E-state index is 0.660. The molecule has 0 amide bonds. The van der Waals surface area contributed by atoms with Crippen LogP contribution in [-0.2, 0) is 6.54 Å². The number of methoxy groups -OCH3 is 1. The zero-order valence-corrected chi connectivity index (χ0v) is 9.45. The van der Waals surface area contributed by atoms with Crippen LogP contribution < -0.4 is 10.1 Å². The molecule has 4 heteroatoms. The smallest absolute Gasteiger partial charge is 0.141 e. The Kier molecular flexibility index (Phi) is 3.10. The second-order valence-corrected chi connectivity index (χ2v) is 3.59. The maximum atomic E-state index is 5.28. The number of H-pyrrole nitrogens is 1. The summed E-state index contributed by atoms with van der Waals surface area (Å²) in [6.45, 7) is 2.71. The fraction of sp³-hybridized carbons (Fsp3) is 0.250. The quantitative estimate of drug-likeness (QED) is 0.826. The molecule has 84 valence electrons. The topological polar surface area (TPSA) is 49.9 Å². The lowest BCUT2D eigenvalue weighted by Crippen LogP contribution is -2.03. The van der Waals surface area contributed by atoms with E-state index in [1.165, 1.54) is 5.56 Å². The number of nitrogens with one attached hydrogen (secondary N) is 2. The molecular formula is C12H15N3O. The van der Waals surface area contributed by atoms with E-state index in [0.29, 0.717) is 6.54 Å². The molecule has 0 atom stereocenters. The zero-order valence-electron chi connectivity index (χ0n) is 9.45. The summed E-state index contributed by atoms with van der Waals surface area (Å²) >= 11 is 0. The van der Waals surface area contributed by atoms with Crippen LogP contribution in [0.1, 0.15) is 11.4 Å². The van der Waals surface area contributed by atoms with Gasteiger partial charge in [0.2, 0.25) is 0 Å². The second kappa shape index (κ2) is 4.70. The van der Waals surface area contributed by atoms with Crippen molar-refractivity contribution in [3.05, 3.63) is 42.0 Å². The van der Waals surface area contributed by atoms with Gasteiger partial charge in [-0.1, -0.05) is 6.07 Å². The Balaban J connectivity index is 2.11. The van der Waals surface area contributed by atoms with Crippen molar-refractivity contribution in [2.75, 3.05) is 12.4 Å². The van der Waals surface area contributed by atoms with Crippen molar-refractivity contribution < 1.29 is 4.74 Å². The first kappa shape index (κ1) is 10.5. The average Bonchev–Trinajstić information content (AvgIpc) is 2.79. The van der Waals surface area contributed by atoms with Crippen molar-refractivity contribution in [3.8, 4) is 5.75 Å². The van der Waals surface area contributed by atoms with Crippen LogP contribution >= 0.6 is 0 Å². The highest BCUT2D eigenvalue weighted by Crippen LogP contribution is 2.25. The monoisotopic (exact) mass is 217 g/mol. The molecular weight excluding hydrogens is 202 g/mol. The molecule has 0 saturated carbocycles. The van der Waals surface area contributed by atoms with Gasteiger partial charge in [0.1, 0.15) is 11.6 Å². The SMILES string of the molecule is COc1ccc(C)cc1NCc1ncc[nH]1. The Morgan fingerprint density at radius 1 is 1.44 bits per heavy atom. The van der Waals surface area contributed by atoms with Crippen molar-refractivity contribution in [3.63, 3.8) is 0 Å². The molecule has 1 heterocycles. The predicted molar refractivity (Wildman–Crippen MR) is 63.6 cm³/mol. The van der Waals surface area contributed by atoms with Crippen LogP contribution in [0.25, 0.3) is 0 Å². The highest BCUT2D eigenvalue weighted by atomic mass is 16.5. The first-order valence-corrected chi connectivity index (χ1v) is 5.16. The molecule has 0 radical (unpaired) electrons. The number of ether oxygens (including phenoxy) is 1. The van der Waals surface area contributed by atoms with Gasteiger partial charge in [-0.15, -0.1) is 0 Å². The molecule has 0 fully saturated rings. The number of hydrogen-bond acceptors (Lipinski definition) is 3. The molecule has 1 aromatic carbocycles. The van der Waals surface area contributed by atoms with E-state index in [4.69, 9.17) is 4.74 Å². The summed E-state index contributed by atoms with van der Waals surface area (Å²) in [7, 11) is 1.67. The molecule has 0 saturated heterocycles. The minimum atomic E-state index is 0.660. The van der Waals surface area contributed by atoms with Crippen LogP contribution in [0, 0.1) is 6.92 Å². The second-order valence-electron chi connectivity index (χ2n) is 3.59. The Hall–Kier alpha value is -1.97. The van der Waals surface area contributed by atoms with Crippen LogP contribution in [0.5, 0.6) is 5.75 Å². The van der Waals surface area contributed by atoms with Crippen molar-refractivity contribution >= 4 is 5.69 Å². The Bertz CT molecular complexity index is 451. The van der Waals surface area contributed by atoms with E-state index in [2.05, 4.69) is 28.3 Å². The molecule has 0 unspecified atom stereocenters. The third-order valence-electron chi connectivity index (χ3n) is 2.36. The summed E-state index contributed by atoms with van der Waals surface area (Å²) < 4.78 is 5.28. The van der Waals surface area contributed by atoms with E-state index in [9.17, 15) is 0 Å². The van der Waals surface area contributed by atoms with Crippen molar-refractivity contribution in [1.82, 2.24) is 9.97 Å². The number of imidazole rings is 1. The molecule has 0 aliphatic carbocycles. The molecule has 0 spiro atoms. The van der Waals surface area contributed by atoms with Gasteiger partial charge < -0.3 is 15.0 Å². The van der Waals surface area contributed by atoms with Gasteiger partial charge in [0.15, 0.2) is 0 Å². The van der Waals surface area contributed by atoms with Gasteiger partial charge in [-0.3, -0.25) is 0 Å². The molecule has 4 nitrogen and oxygen atoms in total. The van der Waals surface area contributed by atoms with E-state index in [1.54, 1.807) is 13.3 Å². The Morgan fingerprint density at radius 2 is 2.31 bits per heavy atom. The van der Waals surface area contributed by atoms with Gasteiger partial charge in [-0.05, 0) is 24.6 Å². The number of aromatic nitrogens is 2. The summed E-state index contributed by atoms with van der Waals surface area (Å²) in [4.78, 5) is 7.20. The highest BCUT2D eigenvalue weighted by Gasteiger charge is 2.03. The Labute approximate surface area is 94.7 Å². The van der Waals surface area contributed by atoms with Crippen LogP contribution in [0.4, 0.5) is 5.69 Å². The summed E-state index contributed by atoms with van der Waals surface area (Å²) in [6.07, 6.45) is 3.55. The van der Waals surface area contributed by atoms with Gasteiger partial charge in [0.25, 0.3) is 0 Å². The van der Waals surface area contributed by atoms with Crippen LogP contribution in [0.15, 0.2) is 30.6 Å². The summed E-state index contributed by atoms with van der Waals surface area (Å²) in [6, 6.07) is 6.04. The van der Waals surface area contributed by atoms with Crippen LogP contribution in [0.2, 0.25) is 0 Å². The first-order chi connectivity index (χ1) is 7.79. The maximum absolute atomic E-state index is 5.28. The number of benzene rings is 1. The lowest BCUT2D eigenvalue weighted by atomic mass is 10.2. The molecule has 0 aliphatic rings. The summed E-state index contributed by atoms with van der Waals surface area (Å²) in [5.74, 6) is 1.75. The van der Waals surface area contributed by atoms with Gasteiger partial charge in [0.05, 0.1) is 19.3 Å². The third kappa shape index (κ3) is 2.34. The normalized spacial score (nSPS) is 10.1. The molecule has 0 bridgehead atoms. The summed E-state index contributed by atoms with van der Waals surface area (Å²) in [5, 5.41) is 3.29. The molecule has 2 N–H and O–H groups in total. The molecule has 0 aliphatic heterocycles. The van der Waals surface area contributed by atoms with Crippen LogP contribution in [0.3, 0.4) is 0 Å². The molecule has 2 rings (SSSR count). The van der Waals surface area contributed by atoms with Crippen molar-refractivity contribution in [2.45, 2.75) is 13.5 Å². The van der Waals surface area contributed by atoms with Gasteiger partial charge in [0, 0.05) is 12.4 Å². The number of nitrogens with zero attached hydrogens (tertiary/aromatic N) is 1. The van der Waals surface area contributed by atoms with Gasteiger partial charge in [-0.2, -0.15) is 0 Å². The maximum Gasteiger partial charge on any atom is 0.141 e. The average molecular weight is 217 g/mol. The number of anilines is 1. The number of rotatable bonds is 4. The van der Waals surface area contributed by atoms with Crippen LogP contribution in [-0.4, -0.2) is 17.1 Å². The standard InChI is InChI=1S/C12H15N3O/c1-9-3-4-11(16-2)10(7-9)15-8-12-13-5-6-14-12/h3-7,15H,8H2,1-2H3,(H,13,14). The number of hydrogen-bond donors (Lipinski definition) is 2. The fourth-order valence-corrected chi connectivity index (χ4v) is 1.53. The zero-order chi connectivity index (χ0) is 11.4. The Morgan fingerprint density at radius 3 is 3.00 bits per heavy atom. The third-order valence-corrected chi connectivity index (χ3v) is 2.36. The fourth-order valence-electron chi connectivity index (χ4n) is 1.53. The number of aromatic amines is 1. The van der Waals surface area contributed by atoms with E-state index >= 15 is 0 Å².